The van der Waals surface area contributed by atoms with Gasteiger partial charge in [0, 0.05) is 92.0 Å². The zero-order valence-corrected chi connectivity index (χ0v) is 28.4. The number of hydrogen-bond donors (Lipinski definition) is 4. The molecular weight excluding hydrogens is 668 g/mol. The van der Waals surface area contributed by atoms with Crippen molar-refractivity contribution in [2.24, 2.45) is 5.41 Å². The fourth-order valence-corrected chi connectivity index (χ4v) is 7.53. The first-order valence-corrected chi connectivity index (χ1v) is 17.0. The highest BCUT2D eigenvalue weighted by molar-refractivity contribution is 6.39. The van der Waals surface area contributed by atoms with Crippen LogP contribution in [0.4, 0.5) is 15.8 Å². The zero-order valence-electron chi connectivity index (χ0n) is 26.9. The molecule has 49 heavy (non-hydrogen) atoms. The topological polar surface area (TPSA) is 121 Å². The van der Waals surface area contributed by atoms with Gasteiger partial charge in [0.15, 0.2) is 5.82 Å². The summed E-state index contributed by atoms with van der Waals surface area (Å²) in [6.45, 7) is 3.83. The Kier molecular flexibility index (Phi) is 9.43. The van der Waals surface area contributed by atoms with E-state index in [9.17, 15) is 9.59 Å². The Morgan fingerprint density at radius 2 is 1.82 bits per heavy atom. The van der Waals surface area contributed by atoms with Crippen LogP contribution in [0.3, 0.4) is 0 Å². The largest absolute Gasteiger partial charge is 0.481 e. The number of pyridine rings is 2. The number of methoxy groups -OCH3 is 1. The van der Waals surface area contributed by atoms with Gasteiger partial charge in [-0.2, -0.15) is 0 Å². The summed E-state index contributed by atoms with van der Waals surface area (Å²) in [6.07, 6.45) is 3.55. The second kappa shape index (κ2) is 13.9. The Morgan fingerprint density at radius 1 is 1.00 bits per heavy atom. The summed E-state index contributed by atoms with van der Waals surface area (Å²) in [6, 6.07) is 16.4. The van der Waals surface area contributed by atoms with E-state index in [1.165, 1.54) is 0 Å². The van der Waals surface area contributed by atoms with Crippen LogP contribution in [0.2, 0.25) is 10.0 Å². The number of amides is 2. The first kappa shape index (κ1) is 33.2. The maximum absolute atomic E-state index is 15.7. The van der Waals surface area contributed by atoms with E-state index < -0.39 is 0 Å². The van der Waals surface area contributed by atoms with Gasteiger partial charge >= 0.3 is 0 Å². The van der Waals surface area contributed by atoms with Crippen LogP contribution in [0.5, 0.6) is 5.88 Å². The number of likely N-dealkylation sites (tertiary alicyclic amines) is 1. The first-order valence-electron chi connectivity index (χ1n) is 16.2. The summed E-state index contributed by atoms with van der Waals surface area (Å²) in [5.41, 5.74) is 4.50. The molecule has 4 N–H and O–H groups in total. The molecule has 13 heteroatoms. The van der Waals surface area contributed by atoms with Gasteiger partial charge in [-0.05, 0) is 30.7 Å². The second-order valence-electron chi connectivity index (χ2n) is 13.0. The maximum Gasteiger partial charge on any atom is 0.220 e. The van der Waals surface area contributed by atoms with E-state index in [1.807, 2.05) is 30.3 Å². The average Bonchev–Trinajstić information content (AvgIpc) is 3.69. The standard InChI is InChI=1S/C36H36Cl2FN7O3/c1-49-35-21(15-40-16-23-9-11-29(47)43-23)8-10-26(45-35)24-12-13-41-34(32(24)38)25-5-3-6-27(31(25)37)44-28-7-2-4-22(33(28)39)17-46-19-36(20-46)14-30(48)42-18-36/h2-8,10,12-13,23,40,44H,9,11,14-20H2,1H3,(H,42,48)(H,43,47)/t23-/m1/s1. The summed E-state index contributed by atoms with van der Waals surface area (Å²) < 4.78 is 21.4. The summed E-state index contributed by atoms with van der Waals surface area (Å²) in [7, 11) is 1.57. The molecule has 2 aromatic carbocycles. The Hall–Kier alpha value is -4.29. The molecule has 3 fully saturated rings. The molecule has 0 bridgehead atoms. The molecule has 2 aromatic heterocycles. The van der Waals surface area contributed by atoms with Crippen LogP contribution in [-0.2, 0) is 22.7 Å². The molecule has 7 rings (SSSR count). The van der Waals surface area contributed by atoms with Gasteiger partial charge < -0.3 is 26.0 Å². The average molecular weight is 705 g/mol. The number of ether oxygens (including phenoxy) is 1. The third-order valence-corrected chi connectivity index (χ3v) is 10.2. The molecule has 3 saturated heterocycles. The molecule has 4 aromatic rings. The summed E-state index contributed by atoms with van der Waals surface area (Å²) >= 11 is 13.9. The summed E-state index contributed by atoms with van der Waals surface area (Å²) in [5.74, 6) is 0.278. The minimum absolute atomic E-state index is 0.0240. The molecule has 0 radical (unpaired) electrons. The Labute approximate surface area is 293 Å². The van der Waals surface area contributed by atoms with Gasteiger partial charge in [-0.15, -0.1) is 0 Å². The van der Waals surface area contributed by atoms with Gasteiger partial charge in [0.05, 0.1) is 39.9 Å². The van der Waals surface area contributed by atoms with E-state index in [1.54, 1.807) is 37.6 Å². The number of benzene rings is 2. The molecule has 3 aliphatic heterocycles. The van der Waals surface area contributed by atoms with Crippen molar-refractivity contribution in [1.29, 1.82) is 0 Å². The van der Waals surface area contributed by atoms with Crippen molar-refractivity contribution in [1.82, 2.24) is 30.8 Å². The molecular formula is C36H36Cl2FN7O3. The van der Waals surface area contributed by atoms with Crippen molar-refractivity contribution in [3.05, 3.63) is 87.8 Å². The van der Waals surface area contributed by atoms with Gasteiger partial charge in [-0.3, -0.25) is 19.5 Å². The SMILES string of the molecule is COc1nc(-c2ccnc(-c3cccc(Nc4cccc(CN5CC6(CNC(=O)C6)C5)c4F)c3Cl)c2Cl)ccc1CNC[C@H]1CCC(=O)N1. The van der Waals surface area contributed by atoms with Gasteiger partial charge in [-0.1, -0.05) is 53.5 Å². The lowest BCUT2D eigenvalue weighted by molar-refractivity contribution is -0.121. The molecule has 1 spiro atoms. The molecule has 0 aliphatic carbocycles. The lowest BCUT2D eigenvalue weighted by Gasteiger charge is -2.47. The maximum atomic E-state index is 15.7. The highest BCUT2D eigenvalue weighted by Crippen LogP contribution is 2.42. The zero-order chi connectivity index (χ0) is 34.1. The van der Waals surface area contributed by atoms with E-state index in [0.29, 0.717) is 94.4 Å². The van der Waals surface area contributed by atoms with Crippen LogP contribution in [-0.4, -0.2) is 66.0 Å². The summed E-state index contributed by atoms with van der Waals surface area (Å²) in [4.78, 5) is 34.6. The van der Waals surface area contributed by atoms with E-state index in [4.69, 9.17) is 32.9 Å². The lowest BCUT2D eigenvalue weighted by Crippen LogP contribution is -2.56. The van der Waals surface area contributed by atoms with Crippen LogP contribution in [0.15, 0.2) is 60.8 Å². The van der Waals surface area contributed by atoms with Crippen molar-refractivity contribution < 1.29 is 18.7 Å². The number of nitrogens with zero attached hydrogens (tertiary/aromatic N) is 3. The van der Waals surface area contributed by atoms with Crippen LogP contribution < -0.4 is 26.0 Å². The Bertz CT molecular complexity index is 1920. The number of nitrogens with one attached hydrogen (secondary N) is 4. The molecule has 254 valence electrons. The van der Waals surface area contributed by atoms with Crippen molar-refractivity contribution in [2.45, 2.75) is 38.4 Å². The van der Waals surface area contributed by atoms with Crippen molar-refractivity contribution in [3.8, 4) is 28.4 Å². The first-order chi connectivity index (χ1) is 23.7. The highest BCUT2D eigenvalue weighted by Gasteiger charge is 2.47. The Balaban J connectivity index is 1.07. The number of hydrogen-bond acceptors (Lipinski definition) is 8. The fourth-order valence-electron chi connectivity index (χ4n) is 6.96. The molecule has 1 atom stereocenters. The minimum atomic E-state index is -0.354. The monoisotopic (exact) mass is 703 g/mol. The lowest BCUT2D eigenvalue weighted by atomic mass is 9.79. The van der Waals surface area contributed by atoms with Crippen LogP contribution in [0.25, 0.3) is 22.5 Å². The summed E-state index contributed by atoms with van der Waals surface area (Å²) in [5, 5.41) is 13.1. The van der Waals surface area contributed by atoms with Gasteiger partial charge in [-0.25, -0.2) is 9.37 Å². The normalized spacial score (nSPS) is 18.3. The van der Waals surface area contributed by atoms with E-state index in [-0.39, 0.29) is 29.1 Å². The molecule has 10 nitrogen and oxygen atoms in total. The minimum Gasteiger partial charge on any atom is -0.481 e. The predicted octanol–water partition coefficient (Wildman–Crippen LogP) is 5.70. The number of carbonyl (C=O) groups is 2. The second-order valence-corrected chi connectivity index (χ2v) is 13.7. The van der Waals surface area contributed by atoms with Gasteiger partial charge in [0.1, 0.15) is 0 Å². The van der Waals surface area contributed by atoms with Crippen LogP contribution >= 0.6 is 23.2 Å². The van der Waals surface area contributed by atoms with Crippen LogP contribution in [0.1, 0.15) is 30.4 Å². The third-order valence-electron chi connectivity index (χ3n) is 9.40. The third kappa shape index (κ3) is 6.94. The molecule has 3 aliphatic rings. The number of anilines is 2. The van der Waals surface area contributed by atoms with Crippen LogP contribution in [0, 0.1) is 11.2 Å². The van der Waals surface area contributed by atoms with Gasteiger partial charge in [0.25, 0.3) is 0 Å². The smallest absolute Gasteiger partial charge is 0.220 e. The number of carbonyl (C=O) groups excluding carboxylic acids is 2. The molecule has 0 unspecified atom stereocenters. The van der Waals surface area contributed by atoms with E-state index >= 15 is 4.39 Å². The van der Waals surface area contributed by atoms with Gasteiger partial charge in [0.2, 0.25) is 17.7 Å². The highest BCUT2D eigenvalue weighted by atomic mass is 35.5. The Morgan fingerprint density at radius 3 is 2.57 bits per heavy atom. The molecule has 5 heterocycles. The number of halogens is 3. The van der Waals surface area contributed by atoms with Crippen molar-refractivity contribution >= 4 is 46.4 Å². The predicted molar refractivity (Wildman–Crippen MR) is 187 cm³/mol. The van der Waals surface area contributed by atoms with Crippen molar-refractivity contribution in [2.75, 3.05) is 38.6 Å². The fraction of sp³-hybridized carbons (Fsp3) is 0.333. The molecule has 0 saturated carbocycles. The van der Waals surface area contributed by atoms with Crippen molar-refractivity contribution in [3.63, 3.8) is 0 Å². The molecule has 2 amide bonds. The quantitative estimate of drug-likeness (QED) is 0.157. The van der Waals surface area contributed by atoms with E-state index in [0.717, 1.165) is 25.1 Å². The van der Waals surface area contributed by atoms with E-state index in [2.05, 4.69) is 31.2 Å². The number of aromatic nitrogens is 2. The number of rotatable bonds is 11.